The predicted molar refractivity (Wildman–Crippen MR) is 71.9 cm³/mol. The molecule has 0 saturated carbocycles. The Hall–Kier alpha value is -1.76. The number of sulfone groups is 1. The molecule has 7 heteroatoms. The maximum absolute atomic E-state index is 11.7. The molecule has 0 spiro atoms. The van der Waals surface area contributed by atoms with Crippen LogP contribution >= 0.6 is 0 Å². The second-order valence-corrected chi connectivity index (χ2v) is 6.31. The Kier molecular flexibility index (Phi) is 4.55. The molecule has 0 bridgehead atoms. The van der Waals surface area contributed by atoms with E-state index in [1.54, 1.807) is 13.0 Å². The zero-order chi connectivity index (χ0) is 13.8. The third-order valence-corrected chi connectivity index (χ3v) is 4.16. The van der Waals surface area contributed by atoms with Gasteiger partial charge in [0.2, 0.25) is 0 Å². The van der Waals surface area contributed by atoms with Gasteiger partial charge in [-0.05, 0) is 18.2 Å². The van der Waals surface area contributed by atoms with Crippen LogP contribution in [0.2, 0.25) is 0 Å². The van der Waals surface area contributed by atoms with Crippen molar-refractivity contribution in [3.8, 4) is 0 Å². The zero-order valence-corrected chi connectivity index (χ0v) is 11.0. The fourth-order valence-electron chi connectivity index (χ4n) is 1.35. The summed E-state index contributed by atoms with van der Waals surface area (Å²) in [6, 6.07) is 4.56. The van der Waals surface area contributed by atoms with Gasteiger partial charge in [-0.25, -0.2) is 8.42 Å². The molecule has 0 heterocycles. The van der Waals surface area contributed by atoms with Gasteiger partial charge in [0, 0.05) is 23.7 Å². The van der Waals surface area contributed by atoms with Crippen LogP contribution in [0, 0.1) is 0 Å². The molecule has 0 aliphatic rings. The van der Waals surface area contributed by atoms with E-state index in [9.17, 15) is 13.2 Å². The number of anilines is 2. The highest BCUT2D eigenvalue weighted by Crippen LogP contribution is 2.15. The summed E-state index contributed by atoms with van der Waals surface area (Å²) in [6.45, 7) is 1.63. The lowest BCUT2D eigenvalue weighted by molar-refractivity contribution is 0.0957. The Morgan fingerprint density at radius 2 is 2.00 bits per heavy atom. The van der Waals surface area contributed by atoms with Crippen molar-refractivity contribution in [2.24, 2.45) is 0 Å². The van der Waals surface area contributed by atoms with E-state index < -0.39 is 15.7 Å². The molecule has 1 amide bonds. The zero-order valence-electron chi connectivity index (χ0n) is 10.1. The van der Waals surface area contributed by atoms with Crippen molar-refractivity contribution in [3.05, 3.63) is 23.8 Å². The van der Waals surface area contributed by atoms with Crippen LogP contribution in [-0.4, -0.2) is 32.4 Å². The van der Waals surface area contributed by atoms with E-state index in [1.165, 1.54) is 12.1 Å². The molecule has 100 valence electrons. The van der Waals surface area contributed by atoms with Gasteiger partial charge in [0.25, 0.3) is 5.91 Å². The third kappa shape index (κ3) is 3.92. The van der Waals surface area contributed by atoms with Gasteiger partial charge < -0.3 is 16.8 Å². The summed E-state index contributed by atoms with van der Waals surface area (Å²) < 4.78 is 22.5. The second kappa shape index (κ2) is 5.72. The lowest BCUT2D eigenvalue weighted by Gasteiger charge is -2.08. The van der Waals surface area contributed by atoms with Crippen LogP contribution in [0.4, 0.5) is 11.4 Å². The summed E-state index contributed by atoms with van der Waals surface area (Å²) in [5.41, 5.74) is 12.2. The van der Waals surface area contributed by atoms with Crippen molar-refractivity contribution in [1.29, 1.82) is 0 Å². The fraction of sp³-hybridized carbons (Fsp3) is 0.364. The molecule has 5 N–H and O–H groups in total. The molecule has 1 rings (SSSR count). The normalized spacial score (nSPS) is 11.2. The maximum Gasteiger partial charge on any atom is 0.253 e. The van der Waals surface area contributed by atoms with Crippen molar-refractivity contribution in [1.82, 2.24) is 5.32 Å². The number of nitrogens with two attached hydrogens (primary N) is 2. The Morgan fingerprint density at radius 3 is 2.56 bits per heavy atom. The number of carbonyl (C=O) groups excluding carboxylic acids is 1. The quantitative estimate of drug-likeness (QED) is 0.653. The molecule has 0 unspecified atom stereocenters. The summed E-state index contributed by atoms with van der Waals surface area (Å²) in [4.78, 5) is 11.7. The van der Waals surface area contributed by atoms with Crippen LogP contribution in [0.5, 0.6) is 0 Å². The standard InChI is InChI=1S/C11H17N3O3S/c1-2-18(16,17)6-5-14-11(15)9-4-3-8(12)7-10(9)13/h3-4,7H,2,5-6,12-13H2,1H3,(H,14,15). The van der Waals surface area contributed by atoms with E-state index >= 15 is 0 Å². The van der Waals surface area contributed by atoms with Crippen molar-refractivity contribution in [2.45, 2.75) is 6.92 Å². The highest BCUT2D eigenvalue weighted by molar-refractivity contribution is 7.91. The first-order chi connectivity index (χ1) is 8.35. The Bertz CT molecular complexity index is 540. The van der Waals surface area contributed by atoms with Crippen LogP contribution in [0.25, 0.3) is 0 Å². The Morgan fingerprint density at radius 1 is 1.33 bits per heavy atom. The fourth-order valence-corrected chi connectivity index (χ4v) is 2.05. The molecule has 0 saturated heterocycles. The first-order valence-electron chi connectivity index (χ1n) is 5.49. The lowest BCUT2D eigenvalue weighted by Crippen LogP contribution is -2.30. The minimum atomic E-state index is -3.08. The summed E-state index contributed by atoms with van der Waals surface area (Å²) in [5.74, 6) is -0.421. The molecule has 0 aromatic heterocycles. The summed E-state index contributed by atoms with van der Waals surface area (Å²) in [7, 11) is -3.08. The summed E-state index contributed by atoms with van der Waals surface area (Å²) in [6.07, 6.45) is 0. The number of nitrogens with one attached hydrogen (secondary N) is 1. The van der Waals surface area contributed by atoms with Gasteiger partial charge in [0.15, 0.2) is 9.84 Å². The molecular weight excluding hydrogens is 254 g/mol. The topological polar surface area (TPSA) is 115 Å². The largest absolute Gasteiger partial charge is 0.399 e. The second-order valence-electron chi connectivity index (χ2n) is 3.84. The Labute approximate surface area is 106 Å². The molecule has 1 aromatic rings. The van der Waals surface area contributed by atoms with Crippen LogP contribution in [0.3, 0.4) is 0 Å². The first kappa shape index (κ1) is 14.3. The monoisotopic (exact) mass is 271 g/mol. The minimum Gasteiger partial charge on any atom is -0.399 e. The van der Waals surface area contributed by atoms with Crippen molar-refractivity contribution in [2.75, 3.05) is 29.5 Å². The molecule has 0 aliphatic carbocycles. The number of benzene rings is 1. The smallest absolute Gasteiger partial charge is 0.253 e. The summed E-state index contributed by atoms with van der Waals surface area (Å²) >= 11 is 0. The number of amides is 1. The molecule has 0 atom stereocenters. The van der Waals surface area contributed by atoms with Crippen LogP contribution < -0.4 is 16.8 Å². The highest BCUT2D eigenvalue weighted by atomic mass is 32.2. The number of hydrogen-bond donors (Lipinski definition) is 3. The molecule has 0 fully saturated rings. The van der Waals surface area contributed by atoms with Crippen molar-refractivity contribution >= 4 is 27.1 Å². The van der Waals surface area contributed by atoms with Gasteiger partial charge in [-0.1, -0.05) is 6.92 Å². The van der Waals surface area contributed by atoms with Gasteiger partial charge in [0.05, 0.1) is 11.3 Å². The SMILES string of the molecule is CCS(=O)(=O)CCNC(=O)c1ccc(N)cc1N. The van der Waals surface area contributed by atoms with Crippen molar-refractivity contribution < 1.29 is 13.2 Å². The van der Waals surface area contributed by atoms with Gasteiger partial charge >= 0.3 is 0 Å². The number of hydrogen-bond acceptors (Lipinski definition) is 5. The van der Waals surface area contributed by atoms with Crippen LogP contribution in [0.1, 0.15) is 17.3 Å². The average Bonchev–Trinajstić information content (AvgIpc) is 2.28. The number of carbonyl (C=O) groups is 1. The van der Waals surface area contributed by atoms with Crippen LogP contribution in [-0.2, 0) is 9.84 Å². The van der Waals surface area contributed by atoms with E-state index in [0.717, 1.165) is 0 Å². The van der Waals surface area contributed by atoms with E-state index in [4.69, 9.17) is 11.5 Å². The molecule has 0 aliphatic heterocycles. The molecule has 18 heavy (non-hydrogen) atoms. The van der Waals surface area contributed by atoms with Gasteiger partial charge in [0.1, 0.15) is 0 Å². The first-order valence-corrected chi connectivity index (χ1v) is 7.31. The molecular formula is C11H17N3O3S. The van der Waals surface area contributed by atoms with E-state index in [2.05, 4.69) is 5.32 Å². The molecule has 6 nitrogen and oxygen atoms in total. The average molecular weight is 271 g/mol. The molecule has 1 aromatic carbocycles. The van der Waals surface area contributed by atoms with Gasteiger partial charge in [-0.3, -0.25) is 4.79 Å². The maximum atomic E-state index is 11.7. The van der Waals surface area contributed by atoms with E-state index in [-0.39, 0.29) is 29.3 Å². The Balaban J connectivity index is 2.61. The van der Waals surface area contributed by atoms with E-state index in [1.807, 2.05) is 0 Å². The molecule has 0 radical (unpaired) electrons. The minimum absolute atomic E-state index is 0.0624. The lowest BCUT2D eigenvalue weighted by atomic mass is 10.1. The van der Waals surface area contributed by atoms with Crippen LogP contribution in [0.15, 0.2) is 18.2 Å². The third-order valence-electron chi connectivity index (χ3n) is 2.46. The summed E-state index contributed by atoms with van der Waals surface area (Å²) in [5, 5.41) is 2.51. The van der Waals surface area contributed by atoms with Gasteiger partial charge in [-0.2, -0.15) is 0 Å². The number of rotatable bonds is 5. The van der Waals surface area contributed by atoms with Crippen molar-refractivity contribution in [3.63, 3.8) is 0 Å². The van der Waals surface area contributed by atoms with E-state index in [0.29, 0.717) is 5.69 Å². The van der Waals surface area contributed by atoms with Gasteiger partial charge in [-0.15, -0.1) is 0 Å². The highest BCUT2D eigenvalue weighted by Gasteiger charge is 2.11. The number of nitrogen functional groups attached to an aromatic ring is 2. The predicted octanol–water partition coefficient (Wildman–Crippen LogP) is 0.0155.